The van der Waals surface area contributed by atoms with E-state index >= 15 is 0 Å². The van der Waals surface area contributed by atoms with Crippen LogP contribution in [0, 0.1) is 5.82 Å². The highest BCUT2D eigenvalue weighted by Crippen LogP contribution is 2.30. The molecule has 82 valence electrons. The van der Waals surface area contributed by atoms with E-state index < -0.39 is 5.82 Å². The number of ether oxygens (including phenoxy) is 1. The normalized spacial score (nSPS) is 10.1. The molecule has 2 aromatic carbocycles. The fraction of sp³-hybridized carbons (Fsp3) is 0. The van der Waals surface area contributed by atoms with E-state index in [1.54, 1.807) is 12.1 Å². The fourth-order valence-corrected chi connectivity index (χ4v) is 1.40. The molecule has 2 rings (SSSR count). The molecule has 0 aromatic heterocycles. The molecule has 0 bridgehead atoms. The van der Waals surface area contributed by atoms with Gasteiger partial charge >= 0.3 is 0 Å². The van der Waals surface area contributed by atoms with E-state index in [4.69, 9.17) is 21.4 Å². The molecule has 0 saturated heterocycles. The van der Waals surface area contributed by atoms with E-state index in [0.29, 0.717) is 11.5 Å². The zero-order valence-corrected chi connectivity index (χ0v) is 8.91. The Morgan fingerprint density at radius 2 is 1.75 bits per heavy atom. The van der Waals surface area contributed by atoms with Gasteiger partial charge in [0.2, 0.25) is 0 Å². The van der Waals surface area contributed by atoms with Crippen molar-refractivity contribution < 1.29 is 14.2 Å². The first-order valence-corrected chi connectivity index (χ1v) is 4.95. The van der Waals surface area contributed by atoms with Crippen LogP contribution in [0.5, 0.6) is 17.2 Å². The van der Waals surface area contributed by atoms with Crippen molar-refractivity contribution in [3.05, 3.63) is 53.3 Å². The molecule has 0 aliphatic heterocycles. The minimum absolute atomic E-state index is 0.151. The van der Waals surface area contributed by atoms with E-state index in [2.05, 4.69) is 0 Å². The van der Waals surface area contributed by atoms with Gasteiger partial charge in [-0.15, -0.1) is 0 Å². The second-order valence-corrected chi connectivity index (χ2v) is 3.58. The third kappa shape index (κ3) is 2.44. The average molecular weight is 239 g/mol. The van der Waals surface area contributed by atoms with Gasteiger partial charge in [0.05, 0.1) is 5.02 Å². The summed E-state index contributed by atoms with van der Waals surface area (Å²) < 4.78 is 18.2. The second kappa shape index (κ2) is 4.41. The Bertz CT molecular complexity index is 497. The van der Waals surface area contributed by atoms with Crippen molar-refractivity contribution in [2.24, 2.45) is 0 Å². The molecule has 0 amide bonds. The summed E-state index contributed by atoms with van der Waals surface area (Å²) in [4.78, 5) is 0. The van der Waals surface area contributed by atoms with Gasteiger partial charge in [-0.2, -0.15) is 0 Å². The number of rotatable bonds is 2. The van der Waals surface area contributed by atoms with Gasteiger partial charge in [-0.25, -0.2) is 4.39 Å². The van der Waals surface area contributed by atoms with Crippen LogP contribution in [0.3, 0.4) is 0 Å². The molecule has 2 nitrogen and oxygen atoms in total. The van der Waals surface area contributed by atoms with Crippen LogP contribution in [0.15, 0.2) is 42.5 Å². The Labute approximate surface area is 96.9 Å². The molecule has 2 aromatic rings. The molecular weight excluding hydrogens is 231 g/mol. The maximum absolute atomic E-state index is 12.8. The van der Waals surface area contributed by atoms with Gasteiger partial charge in [-0.1, -0.05) is 11.6 Å². The van der Waals surface area contributed by atoms with Crippen LogP contribution in [0.4, 0.5) is 4.39 Å². The molecule has 4 heteroatoms. The lowest BCUT2D eigenvalue weighted by Crippen LogP contribution is -1.85. The summed E-state index contributed by atoms with van der Waals surface area (Å²) >= 11 is 5.80. The van der Waals surface area contributed by atoms with Gasteiger partial charge in [0.25, 0.3) is 0 Å². The largest absolute Gasteiger partial charge is 0.508 e. The average Bonchev–Trinajstić information content (AvgIpc) is 2.25. The Balaban J connectivity index is 2.23. The lowest BCUT2D eigenvalue weighted by molar-refractivity contribution is 0.464. The summed E-state index contributed by atoms with van der Waals surface area (Å²) in [5.41, 5.74) is 0. The van der Waals surface area contributed by atoms with E-state index in [1.165, 1.54) is 30.3 Å². The first kappa shape index (κ1) is 10.8. The van der Waals surface area contributed by atoms with Crippen LogP contribution in [0.2, 0.25) is 5.02 Å². The topological polar surface area (TPSA) is 29.5 Å². The standard InChI is InChI=1S/C12H8ClFO2/c13-11-7-8(14)1-6-12(11)16-10-4-2-9(15)3-5-10/h1-7,15H. The minimum Gasteiger partial charge on any atom is -0.508 e. The highest BCUT2D eigenvalue weighted by atomic mass is 35.5. The second-order valence-electron chi connectivity index (χ2n) is 3.17. The number of hydrogen-bond donors (Lipinski definition) is 1. The van der Waals surface area contributed by atoms with Crippen molar-refractivity contribution in [3.8, 4) is 17.2 Å². The number of benzene rings is 2. The summed E-state index contributed by atoms with van der Waals surface area (Å²) in [5.74, 6) is 0.626. The van der Waals surface area contributed by atoms with Crippen molar-refractivity contribution >= 4 is 11.6 Å². The number of aromatic hydroxyl groups is 1. The van der Waals surface area contributed by atoms with Crippen LogP contribution in [-0.4, -0.2) is 5.11 Å². The van der Waals surface area contributed by atoms with Gasteiger partial charge < -0.3 is 9.84 Å². The van der Waals surface area contributed by atoms with Gasteiger partial charge in [-0.3, -0.25) is 0 Å². The third-order valence-electron chi connectivity index (χ3n) is 1.96. The Morgan fingerprint density at radius 1 is 1.06 bits per heavy atom. The lowest BCUT2D eigenvalue weighted by atomic mass is 10.3. The fourth-order valence-electron chi connectivity index (χ4n) is 1.20. The summed E-state index contributed by atoms with van der Waals surface area (Å²) in [7, 11) is 0. The van der Waals surface area contributed by atoms with Gasteiger partial charge in [0.15, 0.2) is 0 Å². The van der Waals surface area contributed by atoms with Crippen LogP contribution < -0.4 is 4.74 Å². The first-order chi connectivity index (χ1) is 7.65. The molecule has 0 heterocycles. The van der Waals surface area contributed by atoms with Crippen LogP contribution in [-0.2, 0) is 0 Å². The molecule has 0 fully saturated rings. The van der Waals surface area contributed by atoms with E-state index in [0.717, 1.165) is 0 Å². The number of phenolic OH excluding ortho intramolecular Hbond substituents is 1. The first-order valence-electron chi connectivity index (χ1n) is 4.57. The van der Waals surface area contributed by atoms with Gasteiger partial charge in [0.1, 0.15) is 23.1 Å². The molecular formula is C12H8ClFO2. The van der Waals surface area contributed by atoms with Crippen molar-refractivity contribution in [3.63, 3.8) is 0 Å². The zero-order valence-electron chi connectivity index (χ0n) is 8.15. The summed E-state index contributed by atoms with van der Waals surface area (Å²) in [6.45, 7) is 0. The van der Waals surface area contributed by atoms with E-state index in [9.17, 15) is 4.39 Å². The maximum atomic E-state index is 12.8. The monoisotopic (exact) mass is 238 g/mol. The zero-order chi connectivity index (χ0) is 11.5. The Hall–Kier alpha value is -1.74. The van der Waals surface area contributed by atoms with E-state index in [1.807, 2.05) is 0 Å². The SMILES string of the molecule is Oc1ccc(Oc2ccc(F)cc2Cl)cc1. The molecule has 0 aliphatic carbocycles. The Morgan fingerprint density at radius 3 is 2.38 bits per heavy atom. The molecule has 0 radical (unpaired) electrons. The lowest BCUT2D eigenvalue weighted by Gasteiger charge is -2.07. The molecule has 0 spiro atoms. The minimum atomic E-state index is -0.414. The van der Waals surface area contributed by atoms with Gasteiger partial charge in [-0.05, 0) is 42.5 Å². The smallest absolute Gasteiger partial charge is 0.146 e. The molecule has 0 aliphatic rings. The van der Waals surface area contributed by atoms with Crippen molar-refractivity contribution in [1.82, 2.24) is 0 Å². The predicted molar refractivity (Wildman–Crippen MR) is 59.6 cm³/mol. The van der Waals surface area contributed by atoms with Crippen molar-refractivity contribution in [2.45, 2.75) is 0 Å². The van der Waals surface area contributed by atoms with Crippen LogP contribution in [0.25, 0.3) is 0 Å². The summed E-state index contributed by atoms with van der Waals surface area (Å²) in [5, 5.41) is 9.28. The molecule has 0 atom stereocenters. The number of phenols is 1. The van der Waals surface area contributed by atoms with Gasteiger partial charge in [0, 0.05) is 0 Å². The summed E-state index contributed by atoms with van der Waals surface area (Å²) in [6, 6.07) is 10.1. The van der Waals surface area contributed by atoms with E-state index in [-0.39, 0.29) is 10.8 Å². The molecule has 1 N–H and O–H groups in total. The molecule has 0 saturated carbocycles. The Kier molecular flexibility index (Phi) is 2.97. The maximum Gasteiger partial charge on any atom is 0.146 e. The predicted octanol–water partition coefficient (Wildman–Crippen LogP) is 3.98. The molecule has 0 unspecified atom stereocenters. The van der Waals surface area contributed by atoms with Crippen molar-refractivity contribution in [1.29, 1.82) is 0 Å². The van der Waals surface area contributed by atoms with Crippen molar-refractivity contribution in [2.75, 3.05) is 0 Å². The van der Waals surface area contributed by atoms with Crippen LogP contribution in [0.1, 0.15) is 0 Å². The van der Waals surface area contributed by atoms with Crippen LogP contribution >= 0.6 is 11.6 Å². The number of halogens is 2. The highest BCUT2D eigenvalue weighted by Gasteiger charge is 2.04. The molecule has 16 heavy (non-hydrogen) atoms. The summed E-state index contributed by atoms with van der Waals surface area (Å²) in [6.07, 6.45) is 0. The number of hydrogen-bond acceptors (Lipinski definition) is 2. The third-order valence-corrected chi connectivity index (χ3v) is 2.25. The highest BCUT2D eigenvalue weighted by molar-refractivity contribution is 6.32. The quantitative estimate of drug-likeness (QED) is 0.858.